The normalized spacial score (nSPS) is 17.6. The average Bonchev–Trinajstić information content (AvgIpc) is 3.08. The van der Waals surface area contributed by atoms with Crippen LogP contribution in [0.3, 0.4) is 0 Å². The molecular formula is C26H22ClNO4. The minimum atomic E-state index is -0.796. The van der Waals surface area contributed by atoms with Crippen molar-refractivity contribution in [1.82, 2.24) is 0 Å². The van der Waals surface area contributed by atoms with E-state index >= 15 is 0 Å². The maximum Gasteiger partial charge on any atom is 0.300 e. The molecule has 1 heterocycles. The van der Waals surface area contributed by atoms with Crippen LogP contribution >= 0.6 is 11.6 Å². The van der Waals surface area contributed by atoms with Gasteiger partial charge in [0.25, 0.3) is 11.7 Å². The van der Waals surface area contributed by atoms with Crippen molar-refractivity contribution >= 4 is 34.7 Å². The lowest BCUT2D eigenvalue weighted by Crippen LogP contribution is -2.29. The zero-order valence-corrected chi connectivity index (χ0v) is 18.3. The predicted molar refractivity (Wildman–Crippen MR) is 125 cm³/mol. The first kappa shape index (κ1) is 21.7. The van der Waals surface area contributed by atoms with Gasteiger partial charge in [0.1, 0.15) is 11.5 Å². The highest BCUT2D eigenvalue weighted by Gasteiger charge is 2.46. The van der Waals surface area contributed by atoms with Crippen molar-refractivity contribution in [3.05, 3.63) is 101 Å². The van der Waals surface area contributed by atoms with Crippen LogP contribution in [-0.2, 0) is 9.59 Å². The predicted octanol–water partition coefficient (Wildman–Crippen LogP) is 5.76. The maximum absolute atomic E-state index is 13.2. The van der Waals surface area contributed by atoms with Crippen LogP contribution in [0, 0.1) is 0 Å². The van der Waals surface area contributed by atoms with Gasteiger partial charge in [0.2, 0.25) is 0 Å². The second kappa shape index (κ2) is 9.28. The highest BCUT2D eigenvalue weighted by molar-refractivity contribution is 6.51. The van der Waals surface area contributed by atoms with E-state index in [-0.39, 0.29) is 11.3 Å². The summed E-state index contributed by atoms with van der Waals surface area (Å²) in [5, 5.41) is 11.6. The number of benzene rings is 3. The molecule has 0 aromatic heterocycles. The van der Waals surface area contributed by atoms with E-state index in [4.69, 9.17) is 16.3 Å². The van der Waals surface area contributed by atoms with Gasteiger partial charge < -0.3 is 9.84 Å². The van der Waals surface area contributed by atoms with E-state index in [0.717, 1.165) is 6.42 Å². The minimum Gasteiger partial charge on any atom is -0.507 e. The summed E-state index contributed by atoms with van der Waals surface area (Å²) in [7, 11) is 0. The van der Waals surface area contributed by atoms with E-state index in [1.54, 1.807) is 48.5 Å². The van der Waals surface area contributed by atoms with Crippen LogP contribution in [-0.4, -0.2) is 23.4 Å². The molecular weight excluding hydrogens is 426 g/mol. The molecule has 32 heavy (non-hydrogen) atoms. The average molecular weight is 448 g/mol. The Kier molecular flexibility index (Phi) is 6.28. The zero-order chi connectivity index (χ0) is 22.7. The Hall–Kier alpha value is -3.57. The largest absolute Gasteiger partial charge is 0.507 e. The molecule has 0 aliphatic carbocycles. The van der Waals surface area contributed by atoms with E-state index in [1.807, 2.05) is 37.3 Å². The number of amides is 1. The van der Waals surface area contributed by atoms with Crippen molar-refractivity contribution in [2.24, 2.45) is 0 Å². The van der Waals surface area contributed by atoms with Crippen molar-refractivity contribution < 1.29 is 19.4 Å². The fourth-order valence-corrected chi connectivity index (χ4v) is 3.97. The second-order valence-corrected chi connectivity index (χ2v) is 7.87. The van der Waals surface area contributed by atoms with E-state index in [9.17, 15) is 14.7 Å². The van der Waals surface area contributed by atoms with Crippen LogP contribution in [0.4, 0.5) is 5.69 Å². The van der Waals surface area contributed by atoms with Crippen molar-refractivity contribution in [3.8, 4) is 5.75 Å². The quantitative estimate of drug-likeness (QED) is 0.296. The number of halogens is 1. The lowest BCUT2D eigenvalue weighted by Gasteiger charge is -2.25. The fourth-order valence-electron chi connectivity index (χ4n) is 3.78. The minimum absolute atomic E-state index is 0.0221. The van der Waals surface area contributed by atoms with E-state index in [0.29, 0.717) is 34.2 Å². The summed E-state index contributed by atoms with van der Waals surface area (Å²) >= 11 is 6.16. The molecule has 1 unspecified atom stereocenters. The van der Waals surface area contributed by atoms with E-state index in [1.165, 1.54) is 4.90 Å². The van der Waals surface area contributed by atoms with Gasteiger partial charge in [-0.25, -0.2) is 0 Å². The summed E-state index contributed by atoms with van der Waals surface area (Å²) in [6, 6.07) is 22.0. The van der Waals surface area contributed by atoms with Crippen molar-refractivity contribution in [1.29, 1.82) is 0 Å². The molecule has 1 aliphatic heterocycles. The maximum atomic E-state index is 13.2. The number of ketones is 1. The number of Topliss-reactive ketones (excluding diaryl/α,β-unsaturated/α-hetero) is 1. The number of rotatable bonds is 6. The third-order valence-corrected chi connectivity index (χ3v) is 5.46. The molecule has 5 nitrogen and oxygen atoms in total. The SMILES string of the molecule is CCCOc1cccc(/C(O)=C2\C(=O)C(=O)N(c3cccc(Cl)c3)C2c2ccccc2)c1. The van der Waals surface area contributed by atoms with E-state index in [2.05, 4.69) is 0 Å². The summed E-state index contributed by atoms with van der Waals surface area (Å²) in [6.07, 6.45) is 0.842. The topological polar surface area (TPSA) is 66.8 Å². The van der Waals surface area contributed by atoms with Gasteiger partial charge in [0, 0.05) is 16.3 Å². The van der Waals surface area contributed by atoms with Crippen LogP contribution in [0.25, 0.3) is 5.76 Å². The van der Waals surface area contributed by atoms with Crippen LogP contribution in [0.2, 0.25) is 5.02 Å². The lowest BCUT2D eigenvalue weighted by molar-refractivity contribution is -0.132. The highest BCUT2D eigenvalue weighted by Crippen LogP contribution is 2.42. The third kappa shape index (κ3) is 4.12. The number of hydrogen-bond acceptors (Lipinski definition) is 4. The van der Waals surface area contributed by atoms with Gasteiger partial charge in [0.05, 0.1) is 18.2 Å². The van der Waals surface area contributed by atoms with Gasteiger partial charge in [0.15, 0.2) is 0 Å². The Morgan fingerprint density at radius 2 is 1.75 bits per heavy atom. The molecule has 3 aromatic rings. The van der Waals surface area contributed by atoms with Crippen LogP contribution in [0.15, 0.2) is 84.4 Å². The fraction of sp³-hybridized carbons (Fsp3) is 0.154. The highest BCUT2D eigenvalue weighted by atomic mass is 35.5. The Balaban J connectivity index is 1.88. The molecule has 1 fully saturated rings. The number of hydrogen-bond donors (Lipinski definition) is 1. The Bertz CT molecular complexity index is 1190. The van der Waals surface area contributed by atoms with Crippen LogP contribution in [0.5, 0.6) is 5.75 Å². The summed E-state index contributed by atoms with van der Waals surface area (Å²) in [4.78, 5) is 27.7. The van der Waals surface area contributed by atoms with Crippen LogP contribution in [0.1, 0.15) is 30.5 Å². The molecule has 3 aromatic carbocycles. The zero-order valence-electron chi connectivity index (χ0n) is 17.5. The lowest BCUT2D eigenvalue weighted by atomic mass is 9.95. The molecule has 1 N–H and O–H groups in total. The Morgan fingerprint density at radius 1 is 1.00 bits per heavy atom. The Labute approximate surface area is 191 Å². The molecule has 1 amide bonds. The number of carbonyl (C=O) groups is 2. The Morgan fingerprint density at radius 3 is 2.47 bits per heavy atom. The standard InChI is InChI=1S/C26H22ClNO4/c1-2-14-32-21-13-6-10-18(15-21)24(29)22-23(17-8-4-3-5-9-17)28(26(31)25(22)30)20-12-7-11-19(27)16-20/h3-13,15-16,23,29H,2,14H2,1H3/b24-22+. The molecule has 1 atom stereocenters. The summed E-state index contributed by atoms with van der Waals surface area (Å²) < 4.78 is 5.66. The molecule has 0 saturated carbocycles. The monoisotopic (exact) mass is 447 g/mol. The van der Waals surface area contributed by atoms with Crippen LogP contribution < -0.4 is 9.64 Å². The third-order valence-electron chi connectivity index (χ3n) is 5.23. The summed E-state index contributed by atoms with van der Waals surface area (Å²) in [6.45, 7) is 2.54. The van der Waals surface area contributed by atoms with Gasteiger partial charge in [-0.3, -0.25) is 14.5 Å². The smallest absolute Gasteiger partial charge is 0.300 e. The van der Waals surface area contributed by atoms with Gasteiger partial charge in [-0.15, -0.1) is 0 Å². The van der Waals surface area contributed by atoms with Crippen molar-refractivity contribution in [2.45, 2.75) is 19.4 Å². The number of anilines is 1. The molecule has 1 aliphatic rings. The van der Waals surface area contributed by atoms with Gasteiger partial charge >= 0.3 is 0 Å². The number of ether oxygens (including phenoxy) is 1. The van der Waals surface area contributed by atoms with Gasteiger partial charge in [-0.2, -0.15) is 0 Å². The molecule has 1 saturated heterocycles. The molecule has 0 bridgehead atoms. The molecule has 0 radical (unpaired) electrons. The molecule has 162 valence electrons. The van der Waals surface area contributed by atoms with Gasteiger partial charge in [-0.05, 0) is 42.3 Å². The number of aliphatic hydroxyl groups excluding tert-OH is 1. The number of carbonyl (C=O) groups excluding carboxylic acids is 2. The van der Waals surface area contributed by atoms with Crippen molar-refractivity contribution in [3.63, 3.8) is 0 Å². The number of aliphatic hydroxyl groups is 1. The molecule has 4 rings (SSSR count). The first-order valence-electron chi connectivity index (χ1n) is 10.4. The summed E-state index contributed by atoms with van der Waals surface area (Å²) in [5.41, 5.74) is 1.61. The summed E-state index contributed by atoms with van der Waals surface area (Å²) in [5.74, 6) is -1.14. The van der Waals surface area contributed by atoms with Crippen molar-refractivity contribution in [2.75, 3.05) is 11.5 Å². The number of nitrogens with zero attached hydrogens (tertiary/aromatic N) is 1. The van der Waals surface area contributed by atoms with E-state index < -0.39 is 17.7 Å². The molecule has 0 spiro atoms. The molecule has 6 heteroatoms. The first-order chi connectivity index (χ1) is 15.5. The van der Waals surface area contributed by atoms with Gasteiger partial charge in [-0.1, -0.05) is 67.1 Å². The second-order valence-electron chi connectivity index (χ2n) is 7.44. The first-order valence-corrected chi connectivity index (χ1v) is 10.7.